The Labute approximate surface area is 131 Å². The summed E-state index contributed by atoms with van der Waals surface area (Å²) in [6.07, 6.45) is -3.30. The summed E-state index contributed by atoms with van der Waals surface area (Å²) >= 11 is 0. The van der Waals surface area contributed by atoms with Gasteiger partial charge in [0.05, 0.1) is 0 Å². The molecule has 23 heavy (non-hydrogen) atoms. The lowest BCUT2D eigenvalue weighted by molar-refractivity contribution is -0.171. The molecule has 0 saturated heterocycles. The van der Waals surface area contributed by atoms with Gasteiger partial charge in [0.15, 0.2) is 6.10 Å². The number of benzene rings is 2. The van der Waals surface area contributed by atoms with Gasteiger partial charge in [-0.1, -0.05) is 24.3 Å². The predicted molar refractivity (Wildman–Crippen MR) is 77.6 cm³/mol. The number of carbonyl (C=O) groups is 2. The van der Waals surface area contributed by atoms with Gasteiger partial charge in [-0.3, -0.25) is 0 Å². The first-order valence-corrected chi connectivity index (χ1v) is 6.57. The quantitative estimate of drug-likeness (QED) is 0.616. The van der Waals surface area contributed by atoms with Crippen molar-refractivity contribution in [2.45, 2.75) is 12.2 Å². The maximum atomic E-state index is 11.9. The van der Waals surface area contributed by atoms with E-state index in [4.69, 9.17) is 4.74 Å². The summed E-state index contributed by atoms with van der Waals surface area (Å²) in [6.45, 7) is 0. The number of hydrogen-bond donors (Lipinski definition) is 4. The average molecular weight is 318 g/mol. The van der Waals surface area contributed by atoms with Gasteiger partial charge in [-0.2, -0.15) is 0 Å². The van der Waals surface area contributed by atoms with Crippen LogP contribution in [0.3, 0.4) is 0 Å². The fourth-order valence-corrected chi connectivity index (χ4v) is 1.88. The molecule has 0 spiro atoms. The van der Waals surface area contributed by atoms with E-state index < -0.39 is 24.1 Å². The van der Waals surface area contributed by atoms with Gasteiger partial charge in [0.1, 0.15) is 11.5 Å². The third-order valence-electron chi connectivity index (χ3n) is 3.09. The highest BCUT2D eigenvalue weighted by atomic mass is 16.6. The smallest absolute Gasteiger partial charge is 0.349 e. The first kappa shape index (κ1) is 16.3. The van der Waals surface area contributed by atoms with Crippen LogP contribution >= 0.6 is 0 Å². The van der Waals surface area contributed by atoms with E-state index in [1.54, 1.807) is 0 Å². The minimum Gasteiger partial charge on any atom is -0.508 e. The molecule has 0 radical (unpaired) electrons. The van der Waals surface area contributed by atoms with Crippen molar-refractivity contribution < 1.29 is 34.8 Å². The van der Waals surface area contributed by atoms with E-state index in [0.29, 0.717) is 0 Å². The molecule has 0 aliphatic carbocycles. The van der Waals surface area contributed by atoms with Gasteiger partial charge < -0.3 is 25.2 Å². The molecular formula is C16H14O7. The molecule has 0 aliphatic heterocycles. The van der Waals surface area contributed by atoms with Crippen LogP contribution in [0.4, 0.5) is 0 Å². The van der Waals surface area contributed by atoms with E-state index in [-0.39, 0.29) is 22.6 Å². The van der Waals surface area contributed by atoms with E-state index in [2.05, 4.69) is 0 Å². The Kier molecular flexibility index (Phi) is 4.82. The number of aliphatic carboxylic acids is 1. The van der Waals surface area contributed by atoms with Crippen molar-refractivity contribution in [1.82, 2.24) is 0 Å². The normalized spacial score (nSPS) is 13.1. The summed E-state index contributed by atoms with van der Waals surface area (Å²) < 4.78 is 4.85. The number of phenolic OH excluding ortho intramolecular Hbond substituents is 2. The highest BCUT2D eigenvalue weighted by Crippen LogP contribution is 2.24. The average Bonchev–Trinajstić information content (AvgIpc) is 2.53. The number of aromatic hydroxyl groups is 2. The fraction of sp³-hybridized carbons (Fsp3) is 0.125. The number of carboxylic acids is 1. The van der Waals surface area contributed by atoms with E-state index in [1.165, 1.54) is 48.5 Å². The Morgan fingerprint density at radius 1 is 0.826 bits per heavy atom. The zero-order chi connectivity index (χ0) is 17.0. The van der Waals surface area contributed by atoms with E-state index >= 15 is 0 Å². The second-order valence-electron chi connectivity index (χ2n) is 4.74. The van der Waals surface area contributed by atoms with Crippen molar-refractivity contribution >= 4 is 11.9 Å². The molecule has 7 nitrogen and oxygen atoms in total. The van der Waals surface area contributed by atoms with Gasteiger partial charge >= 0.3 is 11.9 Å². The lowest BCUT2D eigenvalue weighted by atomic mass is 10.1. The molecule has 120 valence electrons. The van der Waals surface area contributed by atoms with Crippen molar-refractivity contribution in [3.63, 3.8) is 0 Å². The van der Waals surface area contributed by atoms with Gasteiger partial charge in [0, 0.05) is 5.56 Å². The summed E-state index contributed by atoms with van der Waals surface area (Å²) in [7, 11) is 0. The van der Waals surface area contributed by atoms with Crippen LogP contribution in [-0.2, 0) is 14.3 Å². The highest BCUT2D eigenvalue weighted by molar-refractivity contribution is 5.82. The summed E-state index contributed by atoms with van der Waals surface area (Å²) in [5.74, 6) is -2.66. The molecule has 4 N–H and O–H groups in total. The Morgan fingerprint density at radius 2 is 1.26 bits per heavy atom. The van der Waals surface area contributed by atoms with Gasteiger partial charge in [0.2, 0.25) is 6.10 Å². The topological polar surface area (TPSA) is 124 Å². The number of rotatable bonds is 5. The third kappa shape index (κ3) is 3.98. The van der Waals surface area contributed by atoms with Crippen molar-refractivity contribution in [1.29, 1.82) is 0 Å². The third-order valence-corrected chi connectivity index (χ3v) is 3.09. The van der Waals surface area contributed by atoms with E-state index in [0.717, 1.165) is 0 Å². The van der Waals surface area contributed by atoms with Gasteiger partial charge in [-0.25, -0.2) is 9.59 Å². The van der Waals surface area contributed by atoms with Crippen molar-refractivity contribution in [3.05, 3.63) is 59.7 Å². The molecule has 0 amide bonds. The number of aliphatic hydroxyl groups is 1. The van der Waals surface area contributed by atoms with Crippen LogP contribution in [0.2, 0.25) is 0 Å². The Morgan fingerprint density at radius 3 is 1.70 bits per heavy atom. The summed E-state index contributed by atoms with van der Waals surface area (Å²) in [4.78, 5) is 23.2. The number of esters is 1. The predicted octanol–water partition coefficient (Wildman–Crippen LogP) is 1.50. The Bertz CT molecular complexity index is 691. The molecule has 2 rings (SSSR count). The first-order valence-electron chi connectivity index (χ1n) is 6.57. The largest absolute Gasteiger partial charge is 0.508 e. The number of aliphatic hydroxyl groups excluding tert-OH is 1. The molecule has 2 unspecified atom stereocenters. The summed E-state index contributed by atoms with van der Waals surface area (Å²) in [5.41, 5.74) is 0.296. The van der Waals surface area contributed by atoms with Gasteiger partial charge in [0.25, 0.3) is 0 Å². The van der Waals surface area contributed by atoms with Crippen molar-refractivity contribution in [2.75, 3.05) is 0 Å². The van der Waals surface area contributed by atoms with Crippen molar-refractivity contribution in [2.24, 2.45) is 0 Å². The minimum absolute atomic E-state index is 0.0400. The van der Waals surface area contributed by atoms with Crippen molar-refractivity contribution in [3.8, 4) is 11.5 Å². The summed E-state index contributed by atoms with van der Waals surface area (Å²) in [5, 5.41) is 37.5. The van der Waals surface area contributed by atoms with Gasteiger partial charge in [-0.05, 0) is 29.8 Å². The van der Waals surface area contributed by atoms with E-state index in [9.17, 15) is 30.0 Å². The van der Waals surface area contributed by atoms with Crippen LogP contribution < -0.4 is 0 Å². The maximum Gasteiger partial charge on any atom is 0.349 e. The van der Waals surface area contributed by atoms with Crippen LogP contribution in [0.25, 0.3) is 0 Å². The van der Waals surface area contributed by atoms with Crippen LogP contribution in [-0.4, -0.2) is 32.4 Å². The highest BCUT2D eigenvalue weighted by Gasteiger charge is 2.28. The number of carboxylic acid groups (broad SMARTS) is 1. The van der Waals surface area contributed by atoms with Crippen LogP contribution in [0.5, 0.6) is 11.5 Å². The molecule has 0 bridgehead atoms. The number of carbonyl (C=O) groups excluding carboxylic acids is 1. The molecular weight excluding hydrogens is 304 g/mol. The number of ether oxygens (including phenoxy) is 1. The monoisotopic (exact) mass is 318 g/mol. The molecule has 0 aromatic heterocycles. The Balaban J connectivity index is 2.16. The minimum atomic E-state index is -1.69. The molecule has 2 aromatic rings. The lowest BCUT2D eigenvalue weighted by Gasteiger charge is -2.17. The van der Waals surface area contributed by atoms with Crippen LogP contribution in [0.1, 0.15) is 23.3 Å². The standard InChI is InChI=1S/C16H14O7/c17-11-5-1-9(2-6-11)13(19)16(22)23-14(15(20)21)10-3-7-12(18)8-4-10/h1-8,13-14,17-19H,(H,20,21). The Hall–Kier alpha value is -3.06. The van der Waals surface area contributed by atoms with Gasteiger partial charge in [-0.15, -0.1) is 0 Å². The SMILES string of the molecule is O=C(OC(C(=O)O)c1ccc(O)cc1)C(O)c1ccc(O)cc1. The van der Waals surface area contributed by atoms with E-state index in [1.807, 2.05) is 0 Å². The molecule has 0 saturated carbocycles. The fourth-order valence-electron chi connectivity index (χ4n) is 1.88. The lowest BCUT2D eigenvalue weighted by Crippen LogP contribution is -2.23. The molecule has 0 fully saturated rings. The number of hydrogen-bond acceptors (Lipinski definition) is 6. The molecule has 0 aliphatic rings. The zero-order valence-electron chi connectivity index (χ0n) is 11.8. The second-order valence-corrected chi connectivity index (χ2v) is 4.74. The van der Waals surface area contributed by atoms with Crippen LogP contribution in [0, 0.1) is 0 Å². The molecule has 2 aromatic carbocycles. The maximum absolute atomic E-state index is 11.9. The number of phenols is 2. The molecule has 7 heteroatoms. The molecule has 2 atom stereocenters. The summed E-state index contributed by atoms with van der Waals surface area (Å²) in [6, 6.07) is 10.3. The second kappa shape index (κ2) is 6.80. The van der Waals surface area contributed by atoms with Crippen LogP contribution in [0.15, 0.2) is 48.5 Å². The molecule has 0 heterocycles. The first-order chi connectivity index (χ1) is 10.9. The zero-order valence-corrected chi connectivity index (χ0v) is 11.8.